The summed E-state index contributed by atoms with van der Waals surface area (Å²) in [5.74, 6) is 0. The van der Waals surface area contributed by atoms with Crippen LogP contribution in [-0.2, 0) is 0 Å². The number of rotatable bonds is 4. The number of aromatic nitrogens is 1. The molecule has 0 aliphatic rings. The van der Waals surface area contributed by atoms with E-state index < -0.39 is 0 Å². The Kier molecular flexibility index (Phi) is 4.34. The lowest BCUT2D eigenvalue weighted by Gasteiger charge is -2.13. The number of anilines is 1. The van der Waals surface area contributed by atoms with E-state index in [1.54, 1.807) is 11.6 Å². The van der Waals surface area contributed by atoms with Crippen molar-refractivity contribution in [3.8, 4) is 0 Å². The van der Waals surface area contributed by atoms with Crippen molar-refractivity contribution < 1.29 is 9.90 Å². The molecule has 0 spiro atoms. The van der Waals surface area contributed by atoms with Crippen LogP contribution in [0.3, 0.4) is 0 Å². The van der Waals surface area contributed by atoms with Gasteiger partial charge in [0.1, 0.15) is 0 Å². The van der Waals surface area contributed by atoms with Gasteiger partial charge in [-0.15, -0.1) is 11.3 Å². The summed E-state index contributed by atoms with van der Waals surface area (Å²) < 4.78 is 0. The Balaban J connectivity index is 2.35. The maximum atomic E-state index is 11.3. The zero-order valence-electron chi connectivity index (χ0n) is 7.86. The number of carbonyl (C=O) groups excluding carboxylic acids is 1. The number of amides is 2. The fourth-order valence-electron chi connectivity index (χ4n) is 0.881. The molecule has 0 aliphatic carbocycles. The molecule has 0 bridgehead atoms. The molecule has 0 saturated carbocycles. The van der Waals surface area contributed by atoms with Crippen molar-refractivity contribution in [3.05, 3.63) is 11.6 Å². The third-order valence-corrected chi connectivity index (χ3v) is 2.39. The second-order valence-corrected chi connectivity index (χ2v) is 3.62. The van der Waals surface area contributed by atoms with E-state index in [0.717, 1.165) is 0 Å². The van der Waals surface area contributed by atoms with Crippen molar-refractivity contribution in [2.45, 2.75) is 19.4 Å². The molecule has 14 heavy (non-hydrogen) atoms. The number of aliphatic hydroxyl groups is 1. The smallest absolute Gasteiger partial charge is 0.321 e. The summed E-state index contributed by atoms with van der Waals surface area (Å²) in [6, 6.07) is -0.532. The van der Waals surface area contributed by atoms with E-state index in [4.69, 9.17) is 5.11 Å². The highest BCUT2D eigenvalue weighted by Gasteiger charge is 2.09. The lowest BCUT2D eigenvalue weighted by molar-refractivity contribution is 0.222. The predicted octanol–water partition coefficient (Wildman–Crippen LogP) is 1.04. The van der Waals surface area contributed by atoms with Gasteiger partial charge in [0.05, 0.1) is 12.6 Å². The van der Waals surface area contributed by atoms with Crippen LogP contribution in [0, 0.1) is 0 Å². The van der Waals surface area contributed by atoms with Crippen molar-refractivity contribution in [2.75, 3.05) is 11.9 Å². The number of hydrogen-bond acceptors (Lipinski definition) is 4. The quantitative estimate of drug-likeness (QED) is 0.702. The maximum absolute atomic E-state index is 11.3. The molecule has 1 heterocycles. The van der Waals surface area contributed by atoms with Gasteiger partial charge >= 0.3 is 6.03 Å². The number of nitrogens with one attached hydrogen (secondary N) is 2. The summed E-state index contributed by atoms with van der Waals surface area (Å²) in [6.07, 6.45) is 2.31. The Hall–Kier alpha value is -1.14. The molecule has 0 aromatic carbocycles. The molecule has 0 radical (unpaired) electrons. The number of urea groups is 1. The highest BCUT2D eigenvalue weighted by Crippen LogP contribution is 2.09. The van der Waals surface area contributed by atoms with Gasteiger partial charge in [-0.05, 0) is 6.42 Å². The average molecular weight is 215 g/mol. The van der Waals surface area contributed by atoms with Crippen LogP contribution in [0.2, 0.25) is 0 Å². The van der Waals surface area contributed by atoms with E-state index in [0.29, 0.717) is 11.6 Å². The molecule has 0 aliphatic heterocycles. The fourth-order valence-corrected chi connectivity index (χ4v) is 1.40. The topological polar surface area (TPSA) is 74.2 Å². The summed E-state index contributed by atoms with van der Waals surface area (Å²) in [6.45, 7) is 1.84. The third-order valence-electron chi connectivity index (χ3n) is 1.70. The van der Waals surface area contributed by atoms with Gasteiger partial charge in [0, 0.05) is 11.6 Å². The van der Waals surface area contributed by atoms with E-state index in [2.05, 4.69) is 15.6 Å². The molecule has 1 rings (SSSR count). The molecule has 0 unspecified atom stereocenters. The number of hydrogen-bond donors (Lipinski definition) is 3. The van der Waals surface area contributed by atoms with E-state index >= 15 is 0 Å². The second kappa shape index (κ2) is 5.56. The van der Waals surface area contributed by atoms with Gasteiger partial charge in [-0.3, -0.25) is 5.32 Å². The predicted molar refractivity (Wildman–Crippen MR) is 55.4 cm³/mol. The van der Waals surface area contributed by atoms with Gasteiger partial charge in [-0.2, -0.15) is 0 Å². The zero-order chi connectivity index (χ0) is 10.4. The van der Waals surface area contributed by atoms with Crippen molar-refractivity contribution in [1.82, 2.24) is 10.3 Å². The molecular formula is C8H13N3O2S. The number of aliphatic hydroxyl groups excluding tert-OH is 1. The number of nitrogens with zero attached hydrogens (tertiary/aromatic N) is 1. The molecule has 0 fully saturated rings. The second-order valence-electron chi connectivity index (χ2n) is 2.72. The van der Waals surface area contributed by atoms with Gasteiger partial charge < -0.3 is 10.4 Å². The molecule has 1 atom stereocenters. The summed E-state index contributed by atoms with van der Waals surface area (Å²) in [5.41, 5.74) is 0. The van der Waals surface area contributed by atoms with Crippen molar-refractivity contribution in [3.63, 3.8) is 0 Å². The van der Waals surface area contributed by atoms with Crippen LogP contribution in [0.5, 0.6) is 0 Å². The van der Waals surface area contributed by atoms with Gasteiger partial charge in [-0.25, -0.2) is 9.78 Å². The first-order valence-electron chi connectivity index (χ1n) is 4.34. The first-order valence-corrected chi connectivity index (χ1v) is 5.22. The first-order chi connectivity index (χ1) is 6.76. The minimum Gasteiger partial charge on any atom is -0.394 e. The molecule has 3 N–H and O–H groups in total. The summed E-state index contributed by atoms with van der Waals surface area (Å²) in [4.78, 5) is 15.2. The number of thiazole rings is 1. The Morgan fingerprint density at radius 3 is 3.07 bits per heavy atom. The lowest BCUT2D eigenvalue weighted by atomic mass is 10.2. The van der Waals surface area contributed by atoms with Gasteiger partial charge in [0.15, 0.2) is 5.13 Å². The van der Waals surface area contributed by atoms with Crippen LogP contribution in [0.25, 0.3) is 0 Å². The largest absolute Gasteiger partial charge is 0.394 e. The Labute approximate surface area is 86.2 Å². The molecule has 1 aromatic rings. The third kappa shape index (κ3) is 3.31. The standard InChI is InChI=1S/C8H13N3O2S/c1-2-6(5-12)10-7(13)11-8-9-3-4-14-8/h3-4,6,12H,2,5H2,1H3,(H2,9,10,11,13)/t6-/m1/s1. The average Bonchev–Trinajstić information content (AvgIpc) is 2.66. The molecule has 6 heteroatoms. The summed E-state index contributed by atoms with van der Waals surface area (Å²) >= 11 is 1.35. The van der Waals surface area contributed by atoms with E-state index in [1.807, 2.05) is 6.92 Å². The van der Waals surface area contributed by atoms with Crippen LogP contribution in [0.15, 0.2) is 11.6 Å². The van der Waals surface area contributed by atoms with E-state index in [-0.39, 0.29) is 18.7 Å². The molecule has 78 valence electrons. The molecule has 2 amide bonds. The normalized spacial score (nSPS) is 12.1. The van der Waals surface area contributed by atoms with Crippen LogP contribution in [0.4, 0.5) is 9.93 Å². The molecule has 1 aromatic heterocycles. The maximum Gasteiger partial charge on any atom is 0.321 e. The monoisotopic (exact) mass is 215 g/mol. The molecule has 5 nitrogen and oxygen atoms in total. The van der Waals surface area contributed by atoms with Crippen LogP contribution in [0.1, 0.15) is 13.3 Å². The van der Waals surface area contributed by atoms with E-state index in [1.165, 1.54) is 11.3 Å². The van der Waals surface area contributed by atoms with Crippen LogP contribution < -0.4 is 10.6 Å². The fraction of sp³-hybridized carbons (Fsp3) is 0.500. The Bertz CT molecular complexity index is 272. The van der Waals surface area contributed by atoms with Gasteiger partial charge in [0.2, 0.25) is 0 Å². The summed E-state index contributed by atoms with van der Waals surface area (Å²) in [5, 5.41) is 16.4. The zero-order valence-corrected chi connectivity index (χ0v) is 8.67. The Morgan fingerprint density at radius 2 is 2.57 bits per heavy atom. The van der Waals surface area contributed by atoms with E-state index in [9.17, 15) is 4.79 Å². The van der Waals surface area contributed by atoms with Crippen molar-refractivity contribution in [2.24, 2.45) is 0 Å². The molecule has 0 saturated heterocycles. The van der Waals surface area contributed by atoms with Crippen molar-refractivity contribution >= 4 is 22.5 Å². The van der Waals surface area contributed by atoms with Gasteiger partial charge in [0.25, 0.3) is 0 Å². The van der Waals surface area contributed by atoms with Crippen LogP contribution in [-0.4, -0.2) is 28.8 Å². The lowest BCUT2D eigenvalue weighted by Crippen LogP contribution is -2.39. The van der Waals surface area contributed by atoms with Crippen LogP contribution >= 0.6 is 11.3 Å². The van der Waals surface area contributed by atoms with Gasteiger partial charge in [-0.1, -0.05) is 6.92 Å². The Morgan fingerprint density at radius 1 is 1.79 bits per heavy atom. The first kappa shape index (κ1) is 10.9. The molecular weight excluding hydrogens is 202 g/mol. The minimum atomic E-state index is -0.333. The highest BCUT2D eigenvalue weighted by molar-refractivity contribution is 7.13. The highest BCUT2D eigenvalue weighted by atomic mass is 32.1. The SMILES string of the molecule is CC[C@H](CO)NC(=O)Nc1nccs1. The summed E-state index contributed by atoms with van der Waals surface area (Å²) in [7, 11) is 0. The van der Waals surface area contributed by atoms with Crippen molar-refractivity contribution in [1.29, 1.82) is 0 Å². The minimum absolute atomic E-state index is 0.0538. The number of carbonyl (C=O) groups is 1.